The van der Waals surface area contributed by atoms with Crippen molar-refractivity contribution < 1.29 is 9.18 Å². The second-order valence-corrected chi connectivity index (χ2v) is 9.00. The quantitative estimate of drug-likeness (QED) is 0.452. The third-order valence-electron chi connectivity index (χ3n) is 4.55. The number of carbonyl (C=O) groups excluding carboxylic acids is 1. The smallest absolute Gasteiger partial charge is 0.210 e. The van der Waals surface area contributed by atoms with Crippen molar-refractivity contribution in [3.63, 3.8) is 0 Å². The van der Waals surface area contributed by atoms with Crippen molar-refractivity contribution in [2.45, 2.75) is 35.8 Å². The molecule has 1 aliphatic carbocycles. The number of aromatic nitrogens is 2. The number of nitrogens with zero attached hydrogens (tertiary/aromatic N) is 2. The molecule has 3 aromatic rings. The van der Waals surface area contributed by atoms with Crippen LogP contribution in [0.5, 0.6) is 0 Å². The van der Waals surface area contributed by atoms with Gasteiger partial charge in [-0.1, -0.05) is 47.4 Å². The van der Waals surface area contributed by atoms with E-state index in [4.69, 9.17) is 0 Å². The van der Waals surface area contributed by atoms with E-state index in [1.807, 2.05) is 19.1 Å². The number of ketones is 1. The highest BCUT2D eigenvalue weighted by Gasteiger charge is 2.21. The van der Waals surface area contributed by atoms with Gasteiger partial charge < -0.3 is 5.32 Å². The Kier molecular flexibility index (Phi) is 5.22. The number of rotatable bonds is 6. The molecule has 0 saturated heterocycles. The number of aryl methyl sites for hydroxylation is 2. The zero-order valence-corrected chi connectivity index (χ0v) is 16.4. The number of thioether (sulfide) groups is 1. The Bertz CT molecular complexity index is 989. The zero-order chi connectivity index (χ0) is 18.8. The second-order valence-electron chi connectivity index (χ2n) is 6.44. The summed E-state index contributed by atoms with van der Waals surface area (Å²) in [6.07, 6.45) is 3.33. The molecule has 0 fully saturated rings. The second kappa shape index (κ2) is 7.78. The van der Waals surface area contributed by atoms with Gasteiger partial charge in [0.25, 0.3) is 0 Å². The Morgan fingerprint density at radius 3 is 2.85 bits per heavy atom. The molecule has 0 saturated carbocycles. The Hall–Kier alpha value is -2.25. The molecule has 1 heterocycles. The van der Waals surface area contributed by atoms with Crippen LogP contribution in [0, 0.1) is 5.82 Å². The van der Waals surface area contributed by atoms with Gasteiger partial charge in [0.2, 0.25) is 5.13 Å². The molecule has 138 valence electrons. The number of benzene rings is 2. The number of para-hydroxylation sites is 1. The fraction of sp³-hybridized carbons (Fsp3) is 0.250. The minimum atomic E-state index is -0.345. The van der Waals surface area contributed by atoms with Crippen LogP contribution in [0.3, 0.4) is 0 Å². The van der Waals surface area contributed by atoms with Crippen LogP contribution in [0.25, 0.3) is 0 Å². The number of halogens is 1. The number of nitrogens with one attached hydrogen (secondary N) is 1. The third kappa shape index (κ3) is 4.04. The summed E-state index contributed by atoms with van der Waals surface area (Å²) in [5.41, 5.74) is 3.77. The topological polar surface area (TPSA) is 54.9 Å². The number of carbonyl (C=O) groups is 1. The highest BCUT2D eigenvalue weighted by Crippen LogP contribution is 2.32. The van der Waals surface area contributed by atoms with Gasteiger partial charge in [0.05, 0.1) is 10.9 Å². The van der Waals surface area contributed by atoms with Crippen molar-refractivity contribution in [3.8, 4) is 0 Å². The van der Waals surface area contributed by atoms with Crippen molar-refractivity contribution >= 4 is 39.7 Å². The first-order valence-electron chi connectivity index (χ1n) is 8.78. The molecule has 1 aliphatic rings. The molecule has 0 bridgehead atoms. The molecule has 0 unspecified atom stereocenters. The fourth-order valence-electron chi connectivity index (χ4n) is 3.15. The summed E-state index contributed by atoms with van der Waals surface area (Å²) in [5.74, 6) is -0.254. The molecule has 4 nitrogen and oxygen atoms in total. The van der Waals surface area contributed by atoms with Crippen LogP contribution in [-0.2, 0) is 12.8 Å². The summed E-state index contributed by atoms with van der Waals surface area (Å²) in [4.78, 5) is 12.8. The Labute approximate surface area is 165 Å². The Morgan fingerprint density at radius 1 is 1.19 bits per heavy atom. The molecule has 4 rings (SSSR count). The molecule has 1 atom stereocenters. The largest absolute Gasteiger partial charge is 0.328 e. The molecule has 0 aliphatic heterocycles. The molecule has 0 radical (unpaired) electrons. The molecule has 27 heavy (non-hydrogen) atoms. The summed E-state index contributed by atoms with van der Waals surface area (Å²) < 4.78 is 14.4. The van der Waals surface area contributed by atoms with Gasteiger partial charge in [0.1, 0.15) is 5.82 Å². The lowest BCUT2D eigenvalue weighted by Gasteiger charge is -2.09. The lowest BCUT2D eigenvalue weighted by molar-refractivity contribution is 0.0994. The monoisotopic (exact) mass is 399 g/mol. The van der Waals surface area contributed by atoms with E-state index in [2.05, 4.69) is 21.6 Å². The number of anilines is 2. The maximum absolute atomic E-state index is 13.7. The summed E-state index contributed by atoms with van der Waals surface area (Å²) in [5, 5.41) is 11.3. The van der Waals surface area contributed by atoms with E-state index in [0.717, 1.165) is 18.4 Å². The average Bonchev–Trinajstić information content (AvgIpc) is 3.31. The fourth-order valence-corrected chi connectivity index (χ4v) is 5.14. The van der Waals surface area contributed by atoms with Crippen LogP contribution >= 0.6 is 23.1 Å². The van der Waals surface area contributed by atoms with E-state index in [0.29, 0.717) is 15.2 Å². The van der Waals surface area contributed by atoms with Crippen molar-refractivity contribution in [2.75, 3.05) is 5.32 Å². The van der Waals surface area contributed by atoms with Crippen molar-refractivity contribution in [1.29, 1.82) is 0 Å². The molecule has 2 aromatic carbocycles. The highest BCUT2D eigenvalue weighted by molar-refractivity contribution is 8.02. The standard InChI is InChI=1S/C20H18FN3OS2/c1-12(18(25)15-10-9-13-5-4-6-14(13)11-15)26-20-24-23-19(27-20)22-17-8-3-2-7-16(17)21/h2-3,7-12H,4-6H2,1H3,(H,22,23)/t12-/m1/s1. The van der Waals surface area contributed by atoms with Gasteiger partial charge >= 0.3 is 0 Å². The maximum Gasteiger partial charge on any atom is 0.210 e. The zero-order valence-electron chi connectivity index (χ0n) is 14.7. The number of hydrogen-bond donors (Lipinski definition) is 1. The van der Waals surface area contributed by atoms with Gasteiger partial charge in [-0.3, -0.25) is 4.79 Å². The Balaban J connectivity index is 1.42. The minimum absolute atomic E-state index is 0.0912. The first kappa shape index (κ1) is 18.1. The first-order chi connectivity index (χ1) is 13.1. The van der Waals surface area contributed by atoms with Crippen molar-refractivity contribution in [3.05, 3.63) is 65.0 Å². The van der Waals surface area contributed by atoms with Crippen LogP contribution in [0.1, 0.15) is 34.8 Å². The predicted octanol–water partition coefficient (Wildman–Crippen LogP) is 5.27. The van der Waals surface area contributed by atoms with E-state index in [9.17, 15) is 9.18 Å². The van der Waals surface area contributed by atoms with Gasteiger partial charge in [0.15, 0.2) is 10.1 Å². The van der Waals surface area contributed by atoms with E-state index < -0.39 is 0 Å². The molecule has 0 amide bonds. The highest BCUT2D eigenvalue weighted by atomic mass is 32.2. The van der Waals surface area contributed by atoms with Crippen LogP contribution < -0.4 is 5.32 Å². The summed E-state index contributed by atoms with van der Waals surface area (Å²) in [6, 6.07) is 12.4. The van der Waals surface area contributed by atoms with E-state index >= 15 is 0 Å². The van der Waals surface area contributed by atoms with Crippen LogP contribution in [0.2, 0.25) is 0 Å². The van der Waals surface area contributed by atoms with Crippen molar-refractivity contribution in [1.82, 2.24) is 10.2 Å². The molecule has 1 aromatic heterocycles. The summed E-state index contributed by atoms with van der Waals surface area (Å²) >= 11 is 2.69. The van der Waals surface area contributed by atoms with Gasteiger partial charge in [-0.05, 0) is 55.5 Å². The van der Waals surface area contributed by atoms with E-state index in [1.54, 1.807) is 18.2 Å². The lowest BCUT2D eigenvalue weighted by atomic mass is 10.0. The van der Waals surface area contributed by atoms with Gasteiger partial charge in [-0.2, -0.15) is 0 Å². The SMILES string of the molecule is C[C@@H](Sc1nnc(Nc2ccccc2F)s1)C(=O)c1ccc2c(c1)CCC2. The number of Topliss-reactive ketones (excluding diaryl/α,β-unsaturated/α-hetero) is 1. The van der Waals surface area contributed by atoms with Crippen LogP contribution in [0.15, 0.2) is 46.8 Å². The van der Waals surface area contributed by atoms with E-state index in [-0.39, 0.29) is 16.9 Å². The Morgan fingerprint density at radius 2 is 2.00 bits per heavy atom. The summed E-state index contributed by atoms with van der Waals surface area (Å²) in [7, 11) is 0. The lowest BCUT2D eigenvalue weighted by Crippen LogP contribution is -2.13. The van der Waals surface area contributed by atoms with Gasteiger partial charge in [-0.15, -0.1) is 10.2 Å². The minimum Gasteiger partial charge on any atom is -0.328 e. The molecule has 1 N–H and O–H groups in total. The number of hydrogen-bond acceptors (Lipinski definition) is 6. The third-order valence-corrected chi connectivity index (χ3v) is 6.57. The maximum atomic E-state index is 13.7. The molecular formula is C20H18FN3OS2. The van der Waals surface area contributed by atoms with E-state index in [1.165, 1.54) is 46.7 Å². The first-order valence-corrected chi connectivity index (χ1v) is 10.5. The van der Waals surface area contributed by atoms with Gasteiger partial charge in [-0.25, -0.2) is 4.39 Å². The molecular weight excluding hydrogens is 381 g/mol. The van der Waals surface area contributed by atoms with Crippen LogP contribution in [0.4, 0.5) is 15.2 Å². The predicted molar refractivity (Wildman–Crippen MR) is 108 cm³/mol. The normalized spacial score (nSPS) is 14.0. The number of fused-ring (bicyclic) bond motifs is 1. The average molecular weight is 400 g/mol. The van der Waals surface area contributed by atoms with Crippen molar-refractivity contribution in [2.24, 2.45) is 0 Å². The molecule has 0 spiro atoms. The molecule has 7 heteroatoms. The summed E-state index contributed by atoms with van der Waals surface area (Å²) in [6.45, 7) is 1.88. The van der Waals surface area contributed by atoms with Gasteiger partial charge in [0, 0.05) is 5.56 Å². The van der Waals surface area contributed by atoms with Crippen LogP contribution in [-0.4, -0.2) is 21.2 Å².